The zero-order valence-electron chi connectivity index (χ0n) is 11.8. The number of benzene rings is 2. The van der Waals surface area contributed by atoms with Crippen molar-refractivity contribution in [3.05, 3.63) is 72.1 Å². The zero-order valence-corrected chi connectivity index (χ0v) is 12.6. The van der Waals surface area contributed by atoms with Crippen molar-refractivity contribution < 1.29 is 13.2 Å². The van der Waals surface area contributed by atoms with Crippen LogP contribution in [0.2, 0.25) is 0 Å². The topological polar surface area (TPSA) is 46.6 Å². The van der Waals surface area contributed by atoms with Crippen molar-refractivity contribution in [2.24, 2.45) is 0 Å². The second kappa shape index (κ2) is 6.45. The van der Waals surface area contributed by atoms with Crippen molar-refractivity contribution >= 4 is 15.7 Å². The molecule has 0 bridgehead atoms. The molecule has 0 saturated carbocycles. The summed E-state index contributed by atoms with van der Waals surface area (Å²) < 4.78 is 30.9. The molecule has 0 N–H and O–H groups in total. The van der Waals surface area contributed by atoms with Crippen molar-refractivity contribution in [1.82, 2.24) is 0 Å². The van der Waals surface area contributed by atoms with Gasteiger partial charge < -0.3 is 4.74 Å². The van der Waals surface area contributed by atoms with E-state index in [9.17, 15) is 8.42 Å². The smallest absolute Gasteiger partial charge is 0.257 e. The fourth-order valence-electron chi connectivity index (χ4n) is 1.92. The maximum absolute atomic E-state index is 12.2. The lowest BCUT2D eigenvalue weighted by Crippen LogP contribution is -2.28. The summed E-state index contributed by atoms with van der Waals surface area (Å²) >= 11 is 0. The number of ether oxygens (including phenoxy) is 1. The molecule has 110 valence electrons. The number of hydrogen-bond acceptors (Lipinski definition) is 3. The molecule has 0 aliphatic carbocycles. The molecule has 2 rings (SSSR count). The molecule has 0 aromatic heterocycles. The first kappa shape index (κ1) is 15.1. The average molecular weight is 303 g/mol. The summed E-state index contributed by atoms with van der Waals surface area (Å²) in [5, 5.41) is 0.959. The van der Waals surface area contributed by atoms with Crippen LogP contribution in [0.1, 0.15) is 5.56 Å². The monoisotopic (exact) mass is 303 g/mol. The molecule has 2 aromatic carbocycles. The fraction of sp³-hybridized carbons (Fsp3) is 0.125. The van der Waals surface area contributed by atoms with Crippen LogP contribution < -0.4 is 9.04 Å². The minimum Gasteiger partial charge on any atom is -0.497 e. The molecule has 0 radical (unpaired) electrons. The number of hydrogen-bond donors (Lipinski definition) is 0. The standard InChI is InChI=1S/C16H17NO3S/c1-3-21(18,19)17(13-14-7-5-4-6-8-14)15-9-11-16(20-2)12-10-15/h3-12H,1,13H2,2H3. The predicted molar refractivity (Wildman–Crippen MR) is 84.7 cm³/mol. The summed E-state index contributed by atoms with van der Waals surface area (Å²) in [4.78, 5) is 0. The van der Waals surface area contributed by atoms with Gasteiger partial charge in [0.2, 0.25) is 0 Å². The molecule has 0 heterocycles. The summed E-state index contributed by atoms with van der Waals surface area (Å²) in [5.41, 5.74) is 1.47. The Bertz CT molecular complexity index is 694. The van der Waals surface area contributed by atoms with E-state index in [2.05, 4.69) is 6.58 Å². The highest BCUT2D eigenvalue weighted by Gasteiger charge is 2.19. The lowest BCUT2D eigenvalue weighted by Gasteiger charge is -2.23. The third-order valence-electron chi connectivity index (χ3n) is 3.05. The number of anilines is 1. The van der Waals surface area contributed by atoms with E-state index in [1.807, 2.05) is 30.3 Å². The molecular weight excluding hydrogens is 286 g/mol. The normalized spacial score (nSPS) is 10.9. The van der Waals surface area contributed by atoms with Gasteiger partial charge in [0.05, 0.1) is 19.3 Å². The van der Waals surface area contributed by atoms with Gasteiger partial charge in [-0.15, -0.1) is 0 Å². The number of sulfonamides is 1. The molecule has 0 spiro atoms. The van der Waals surface area contributed by atoms with E-state index in [0.717, 1.165) is 11.0 Å². The molecule has 0 aliphatic rings. The van der Waals surface area contributed by atoms with E-state index >= 15 is 0 Å². The van der Waals surface area contributed by atoms with Gasteiger partial charge in [0.15, 0.2) is 0 Å². The van der Waals surface area contributed by atoms with E-state index in [-0.39, 0.29) is 6.54 Å². The minimum atomic E-state index is -3.57. The predicted octanol–water partition coefficient (Wildman–Crippen LogP) is 3.18. The molecule has 0 unspecified atom stereocenters. The Morgan fingerprint density at radius 2 is 1.71 bits per heavy atom. The maximum atomic E-state index is 12.2. The van der Waals surface area contributed by atoms with E-state index in [1.54, 1.807) is 31.4 Å². The van der Waals surface area contributed by atoms with Gasteiger partial charge in [0.25, 0.3) is 10.0 Å². The van der Waals surface area contributed by atoms with Gasteiger partial charge in [0.1, 0.15) is 5.75 Å². The highest BCUT2D eigenvalue weighted by atomic mass is 32.2. The quantitative estimate of drug-likeness (QED) is 0.823. The van der Waals surface area contributed by atoms with Gasteiger partial charge >= 0.3 is 0 Å². The molecule has 21 heavy (non-hydrogen) atoms. The van der Waals surface area contributed by atoms with E-state index in [1.165, 1.54) is 4.31 Å². The van der Waals surface area contributed by atoms with Gasteiger partial charge in [0, 0.05) is 5.41 Å². The Balaban J connectivity index is 2.38. The van der Waals surface area contributed by atoms with Crippen LogP contribution in [0.5, 0.6) is 5.75 Å². The van der Waals surface area contributed by atoms with Gasteiger partial charge in [-0.2, -0.15) is 0 Å². The zero-order chi connectivity index (χ0) is 15.3. The van der Waals surface area contributed by atoms with Crippen LogP contribution in [0.15, 0.2) is 66.6 Å². The van der Waals surface area contributed by atoms with Gasteiger partial charge in [-0.3, -0.25) is 4.31 Å². The molecule has 0 aliphatic heterocycles. The summed E-state index contributed by atoms with van der Waals surface area (Å²) in [6, 6.07) is 16.3. The first-order valence-electron chi connectivity index (χ1n) is 6.40. The summed E-state index contributed by atoms with van der Waals surface area (Å²) in [7, 11) is -2.01. The molecule has 0 fully saturated rings. The van der Waals surface area contributed by atoms with Crippen LogP contribution in [-0.4, -0.2) is 15.5 Å². The Hall–Kier alpha value is -2.27. The summed E-state index contributed by atoms with van der Waals surface area (Å²) in [6.07, 6.45) is 0. The highest BCUT2D eigenvalue weighted by Crippen LogP contribution is 2.24. The molecule has 5 heteroatoms. The average Bonchev–Trinajstić information content (AvgIpc) is 2.53. The Morgan fingerprint density at radius 3 is 2.24 bits per heavy atom. The SMILES string of the molecule is C=CS(=O)(=O)N(Cc1ccccc1)c1ccc(OC)cc1. The van der Waals surface area contributed by atoms with Crippen LogP contribution in [-0.2, 0) is 16.6 Å². The molecule has 0 atom stereocenters. The summed E-state index contributed by atoms with van der Waals surface area (Å²) in [6.45, 7) is 3.65. The fourth-order valence-corrected chi connectivity index (χ4v) is 2.84. The van der Waals surface area contributed by atoms with Crippen LogP contribution in [0.25, 0.3) is 0 Å². The second-order valence-corrected chi connectivity index (χ2v) is 6.21. The van der Waals surface area contributed by atoms with Crippen molar-refractivity contribution in [2.75, 3.05) is 11.4 Å². The van der Waals surface area contributed by atoms with Crippen molar-refractivity contribution in [2.45, 2.75) is 6.54 Å². The van der Waals surface area contributed by atoms with Crippen molar-refractivity contribution in [1.29, 1.82) is 0 Å². The first-order chi connectivity index (χ1) is 10.1. The molecule has 2 aromatic rings. The Labute approximate surface area is 125 Å². The van der Waals surface area contributed by atoms with Crippen LogP contribution in [0.3, 0.4) is 0 Å². The third kappa shape index (κ3) is 3.64. The van der Waals surface area contributed by atoms with Crippen LogP contribution in [0, 0.1) is 0 Å². The second-order valence-electron chi connectivity index (χ2n) is 4.40. The number of rotatable bonds is 6. The minimum absolute atomic E-state index is 0.252. The summed E-state index contributed by atoms with van der Waals surface area (Å²) in [5.74, 6) is 0.675. The number of methoxy groups -OCH3 is 1. The molecular formula is C16H17NO3S. The van der Waals surface area contributed by atoms with Gasteiger partial charge in [-0.05, 0) is 29.8 Å². The molecule has 4 nitrogen and oxygen atoms in total. The first-order valence-corrected chi connectivity index (χ1v) is 7.90. The maximum Gasteiger partial charge on any atom is 0.257 e. The van der Waals surface area contributed by atoms with Crippen molar-refractivity contribution in [3.63, 3.8) is 0 Å². The van der Waals surface area contributed by atoms with Gasteiger partial charge in [-0.25, -0.2) is 8.42 Å². The van der Waals surface area contributed by atoms with Crippen LogP contribution in [0.4, 0.5) is 5.69 Å². The van der Waals surface area contributed by atoms with Gasteiger partial charge in [-0.1, -0.05) is 36.9 Å². The van der Waals surface area contributed by atoms with E-state index in [0.29, 0.717) is 11.4 Å². The Kier molecular flexibility index (Phi) is 4.65. The molecule has 0 amide bonds. The van der Waals surface area contributed by atoms with E-state index in [4.69, 9.17) is 4.74 Å². The highest BCUT2D eigenvalue weighted by molar-refractivity contribution is 7.95. The van der Waals surface area contributed by atoms with Crippen molar-refractivity contribution in [3.8, 4) is 5.75 Å². The lowest BCUT2D eigenvalue weighted by molar-refractivity contribution is 0.415. The van der Waals surface area contributed by atoms with E-state index < -0.39 is 10.0 Å². The third-order valence-corrected chi connectivity index (χ3v) is 4.42. The lowest BCUT2D eigenvalue weighted by atomic mass is 10.2. The largest absolute Gasteiger partial charge is 0.497 e. The molecule has 0 saturated heterocycles. The Morgan fingerprint density at radius 1 is 1.10 bits per heavy atom. The van der Waals surface area contributed by atoms with Crippen LogP contribution >= 0.6 is 0 Å². The number of nitrogens with zero attached hydrogens (tertiary/aromatic N) is 1.